The van der Waals surface area contributed by atoms with Crippen molar-refractivity contribution < 1.29 is 5.11 Å². The third-order valence-electron chi connectivity index (χ3n) is 5.14. The van der Waals surface area contributed by atoms with E-state index in [1.54, 1.807) is 0 Å². The van der Waals surface area contributed by atoms with E-state index in [0.717, 1.165) is 61.8 Å². The fourth-order valence-corrected chi connectivity index (χ4v) is 3.75. The standard InChI is InChI=1S/C23H26ClN5O/c24-19-8-10-20(11-9-19)25-22-26-21(27-23(28-22)29-12-1-2-13-29)16-18-6-3-5-17(15-18)7-4-14-30/h3,5-6,8-11,15,30H,1-2,4,7,12-14,16H2,(H,25,26,27,28). The Hall–Kier alpha value is -2.70. The molecule has 2 N–H and O–H groups in total. The van der Waals surface area contributed by atoms with Crippen LogP contribution >= 0.6 is 11.6 Å². The van der Waals surface area contributed by atoms with Gasteiger partial charge in [0.05, 0.1) is 0 Å². The number of anilines is 3. The number of aryl methyl sites for hydroxylation is 1. The van der Waals surface area contributed by atoms with Crippen molar-refractivity contribution in [3.63, 3.8) is 0 Å². The first-order chi connectivity index (χ1) is 14.7. The summed E-state index contributed by atoms with van der Waals surface area (Å²) in [6.45, 7) is 2.15. The maximum Gasteiger partial charge on any atom is 0.232 e. The average molecular weight is 424 g/mol. The summed E-state index contributed by atoms with van der Waals surface area (Å²) in [5.41, 5.74) is 3.26. The van der Waals surface area contributed by atoms with E-state index in [1.807, 2.05) is 24.3 Å². The Morgan fingerprint density at radius 3 is 2.50 bits per heavy atom. The molecular formula is C23H26ClN5O. The van der Waals surface area contributed by atoms with Crippen molar-refractivity contribution in [2.24, 2.45) is 0 Å². The number of aromatic nitrogens is 3. The molecule has 3 aromatic rings. The first-order valence-electron chi connectivity index (χ1n) is 10.4. The average Bonchev–Trinajstić information content (AvgIpc) is 3.29. The van der Waals surface area contributed by atoms with E-state index < -0.39 is 0 Å². The Kier molecular flexibility index (Phi) is 6.77. The predicted molar refractivity (Wildman–Crippen MR) is 121 cm³/mol. The quantitative estimate of drug-likeness (QED) is 0.560. The second kappa shape index (κ2) is 9.87. The molecule has 156 valence electrons. The summed E-state index contributed by atoms with van der Waals surface area (Å²) in [5, 5.41) is 13.1. The van der Waals surface area contributed by atoms with Crippen molar-refractivity contribution in [1.82, 2.24) is 15.0 Å². The first kappa shape index (κ1) is 20.6. The molecule has 0 spiro atoms. The lowest BCUT2D eigenvalue weighted by molar-refractivity contribution is 0.288. The SMILES string of the molecule is OCCCc1cccc(Cc2nc(Nc3ccc(Cl)cc3)nc(N3CCCC3)n2)c1. The van der Waals surface area contributed by atoms with Gasteiger partial charge in [-0.05, 0) is 61.1 Å². The monoisotopic (exact) mass is 423 g/mol. The van der Waals surface area contributed by atoms with E-state index in [9.17, 15) is 0 Å². The molecule has 0 atom stereocenters. The highest BCUT2D eigenvalue weighted by molar-refractivity contribution is 6.30. The van der Waals surface area contributed by atoms with Crippen LogP contribution in [0.25, 0.3) is 0 Å². The molecule has 1 aliphatic heterocycles. The summed E-state index contributed by atoms with van der Waals surface area (Å²) in [6, 6.07) is 15.9. The summed E-state index contributed by atoms with van der Waals surface area (Å²) < 4.78 is 0. The maximum atomic E-state index is 9.09. The van der Waals surface area contributed by atoms with Crippen LogP contribution in [0.3, 0.4) is 0 Å². The minimum absolute atomic E-state index is 0.205. The highest BCUT2D eigenvalue weighted by Gasteiger charge is 2.18. The van der Waals surface area contributed by atoms with Gasteiger partial charge in [-0.25, -0.2) is 0 Å². The zero-order chi connectivity index (χ0) is 20.8. The van der Waals surface area contributed by atoms with Gasteiger partial charge in [-0.3, -0.25) is 0 Å². The second-order valence-electron chi connectivity index (χ2n) is 7.53. The molecule has 0 amide bonds. The summed E-state index contributed by atoms with van der Waals surface area (Å²) in [4.78, 5) is 16.3. The smallest absolute Gasteiger partial charge is 0.232 e. The lowest BCUT2D eigenvalue weighted by Crippen LogP contribution is -2.22. The van der Waals surface area contributed by atoms with Gasteiger partial charge in [0, 0.05) is 36.8 Å². The summed E-state index contributed by atoms with van der Waals surface area (Å²) in [7, 11) is 0. The molecule has 0 aliphatic carbocycles. The number of hydrogen-bond acceptors (Lipinski definition) is 6. The number of aliphatic hydroxyl groups is 1. The number of nitrogens with zero attached hydrogens (tertiary/aromatic N) is 4. The summed E-state index contributed by atoms with van der Waals surface area (Å²) in [6.07, 6.45) is 4.58. The fourth-order valence-electron chi connectivity index (χ4n) is 3.62. The lowest BCUT2D eigenvalue weighted by atomic mass is 10.0. The zero-order valence-corrected chi connectivity index (χ0v) is 17.6. The Bertz CT molecular complexity index is 974. The number of halogens is 1. The maximum absolute atomic E-state index is 9.09. The van der Waals surface area contributed by atoms with Crippen LogP contribution in [0.15, 0.2) is 48.5 Å². The molecule has 1 aliphatic rings. The molecule has 0 saturated carbocycles. The minimum atomic E-state index is 0.205. The van der Waals surface area contributed by atoms with Gasteiger partial charge in [0.1, 0.15) is 5.82 Å². The van der Waals surface area contributed by atoms with Crippen molar-refractivity contribution in [2.75, 3.05) is 29.9 Å². The minimum Gasteiger partial charge on any atom is -0.396 e. The zero-order valence-electron chi connectivity index (χ0n) is 16.9. The molecule has 0 unspecified atom stereocenters. The fraction of sp³-hybridized carbons (Fsp3) is 0.348. The molecule has 1 saturated heterocycles. The van der Waals surface area contributed by atoms with Crippen LogP contribution in [-0.4, -0.2) is 39.8 Å². The molecule has 0 radical (unpaired) electrons. The molecule has 1 aromatic heterocycles. The normalized spacial score (nSPS) is 13.6. The van der Waals surface area contributed by atoms with E-state index >= 15 is 0 Å². The Balaban J connectivity index is 1.59. The molecule has 1 fully saturated rings. The van der Waals surface area contributed by atoms with Crippen LogP contribution < -0.4 is 10.2 Å². The third-order valence-corrected chi connectivity index (χ3v) is 5.39. The summed E-state index contributed by atoms with van der Waals surface area (Å²) in [5.74, 6) is 2.01. The highest BCUT2D eigenvalue weighted by Crippen LogP contribution is 2.22. The van der Waals surface area contributed by atoms with Crippen LogP contribution in [0.1, 0.15) is 36.2 Å². The molecule has 2 aromatic carbocycles. The van der Waals surface area contributed by atoms with Crippen LogP contribution in [-0.2, 0) is 12.8 Å². The number of benzene rings is 2. The van der Waals surface area contributed by atoms with Crippen LogP contribution in [0.4, 0.5) is 17.6 Å². The van der Waals surface area contributed by atoms with Gasteiger partial charge in [0.2, 0.25) is 11.9 Å². The number of rotatable bonds is 8. The Labute approximate surface area is 182 Å². The van der Waals surface area contributed by atoms with Crippen molar-refractivity contribution in [1.29, 1.82) is 0 Å². The van der Waals surface area contributed by atoms with Gasteiger partial charge in [0.25, 0.3) is 0 Å². The van der Waals surface area contributed by atoms with Gasteiger partial charge >= 0.3 is 0 Å². The van der Waals surface area contributed by atoms with Crippen LogP contribution in [0, 0.1) is 0 Å². The molecule has 6 nitrogen and oxygen atoms in total. The van der Waals surface area contributed by atoms with Crippen LogP contribution in [0.2, 0.25) is 5.02 Å². The van der Waals surface area contributed by atoms with E-state index in [-0.39, 0.29) is 6.61 Å². The van der Waals surface area contributed by atoms with Crippen LogP contribution in [0.5, 0.6) is 0 Å². The molecule has 30 heavy (non-hydrogen) atoms. The lowest BCUT2D eigenvalue weighted by Gasteiger charge is -2.17. The van der Waals surface area contributed by atoms with E-state index in [2.05, 4.69) is 44.5 Å². The van der Waals surface area contributed by atoms with E-state index in [1.165, 1.54) is 5.56 Å². The van der Waals surface area contributed by atoms with E-state index in [0.29, 0.717) is 17.4 Å². The number of aliphatic hydroxyl groups excluding tert-OH is 1. The molecule has 4 rings (SSSR count). The van der Waals surface area contributed by atoms with Crippen molar-refractivity contribution >= 4 is 29.2 Å². The molecule has 2 heterocycles. The first-order valence-corrected chi connectivity index (χ1v) is 10.8. The van der Waals surface area contributed by atoms with E-state index in [4.69, 9.17) is 21.7 Å². The topological polar surface area (TPSA) is 74.2 Å². The molecule has 7 heteroatoms. The van der Waals surface area contributed by atoms with Gasteiger partial charge < -0.3 is 15.3 Å². The summed E-state index contributed by atoms with van der Waals surface area (Å²) >= 11 is 6.00. The Morgan fingerprint density at radius 2 is 1.73 bits per heavy atom. The largest absolute Gasteiger partial charge is 0.396 e. The van der Waals surface area contributed by atoms with Gasteiger partial charge in [-0.2, -0.15) is 15.0 Å². The predicted octanol–water partition coefficient (Wildman–Crippen LogP) is 4.38. The highest BCUT2D eigenvalue weighted by atomic mass is 35.5. The van der Waals surface area contributed by atoms with Crippen molar-refractivity contribution in [3.8, 4) is 0 Å². The van der Waals surface area contributed by atoms with Crippen molar-refractivity contribution in [2.45, 2.75) is 32.1 Å². The number of nitrogens with one attached hydrogen (secondary N) is 1. The third kappa shape index (κ3) is 5.46. The van der Waals surface area contributed by atoms with Gasteiger partial charge in [-0.1, -0.05) is 35.9 Å². The van der Waals surface area contributed by atoms with Crippen molar-refractivity contribution in [3.05, 3.63) is 70.5 Å². The molecule has 0 bridgehead atoms. The Morgan fingerprint density at radius 1 is 0.967 bits per heavy atom. The molecular weight excluding hydrogens is 398 g/mol. The van der Waals surface area contributed by atoms with Gasteiger partial charge in [-0.15, -0.1) is 0 Å². The van der Waals surface area contributed by atoms with Gasteiger partial charge in [0.15, 0.2) is 0 Å². The number of hydrogen-bond donors (Lipinski definition) is 2. The second-order valence-corrected chi connectivity index (χ2v) is 7.96.